The van der Waals surface area contributed by atoms with Gasteiger partial charge in [-0.3, -0.25) is 51.4 Å². The molecular weight excluding hydrogens is 1150 g/mol. The van der Waals surface area contributed by atoms with Gasteiger partial charge in [0.05, 0.1) is 52.7 Å². The van der Waals surface area contributed by atoms with E-state index in [0.717, 1.165) is 30.7 Å². The molecule has 0 aliphatic carbocycles. The van der Waals surface area contributed by atoms with Crippen molar-refractivity contribution in [1.29, 1.82) is 0 Å². The summed E-state index contributed by atoms with van der Waals surface area (Å²) in [5.74, 6) is -0.677. The molecule has 0 amide bonds. The van der Waals surface area contributed by atoms with E-state index in [1.54, 1.807) is 0 Å². The van der Waals surface area contributed by atoms with Crippen LogP contribution in [0.1, 0.15) is 18.7 Å². The first-order valence-electron chi connectivity index (χ1n) is 22.6. The fraction of sp³-hybridized carbons (Fsp3) is 0.571. The van der Waals surface area contributed by atoms with Crippen LogP contribution in [-0.4, -0.2) is 191 Å². The van der Waals surface area contributed by atoms with Crippen LogP contribution < -0.4 is 32.9 Å². The Morgan fingerprint density at radius 1 is 0.671 bits per heavy atom. The van der Waals surface area contributed by atoms with E-state index in [-0.39, 0.29) is 64.4 Å². The van der Waals surface area contributed by atoms with E-state index < -0.39 is 136 Å². The van der Waals surface area contributed by atoms with Gasteiger partial charge in [0.25, 0.3) is 17.1 Å². The molecule has 0 aromatic carbocycles. The molecule has 0 bridgehead atoms. The molecule has 0 saturated carbocycles. The lowest BCUT2D eigenvalue weighted by Crippen LogP contribution is -2.47. The Labute approximate surface area is 439 Å². The van der Waals surface area contributed by atoms with Crippen molar-refractivity contribution in [3.05, 3.63) is 46.0 Å². The molecule has 6 aromatic heterocycles. The van der Waals surface area contributed by atoms with E-state index in [0.29, 0.717) is 0 Å². The van der Waals surface area contributed by atoms with E-state index >= 15 is 0 Å². The van der Waals surface area contributed by atoms with Crippen LogP contribution in [0.25, 0.3) is 33.5 Å². The lowest BCUT2D eigenvalue weighted by molar-refractivity contribution is -0.746. The summed E-state index contributed by atoms with van der Waals surface area (Å²) in [5, 5.41) is 33.0. The summed E-state index contributed by atoms with van der Waals surface area (Å²) in [6.07, 6.45) is -14.7. The van der Waals surface area contributed by atoms with Crippen LogP contribution in [0, 0.1) is 0 Å². The summed E-state index contributed by atoms with van der Waals surface area (Å²) in [5.41, 5.74) is 15.7. The Morgan fingerprint density at radius 2 is 1.27 bits per heavy atom. The number of hydrogen-bond donors (Lipinski definition) is 12. The first-order valence-corrected chi connectivity index (χ1v) is 28.6. The predicted octanol–water partition coefficient (Wildman–Crippen LogP) is -4.04. The maximum atomic E-state index is 13.7. The number of phosphoric acid groups is 4. The van der Waals surface area contributed by atoms with E-state index in [4.69, 9.17) is 63.7 Å². The Kier molecular flexibility index (Phi) is 16.7. The Balaban J connectivity index is 0.868. The fourth-order valence-electron chi connectivity index (χ4n) is 8.72. The number of nitrogens with two attached hydrogens (primary N) is 3. The van der Waals surface area contributed by atoms with Gasteiger partial charge >= 0.3 is 36.9 Å². The van der Waals surface area contributed by atoms with Crippen molar-refractivity contribution in [2.24, 2.45) is 7.05 Å². The highest BCUT2D eigenvalue weighted by molar-refractivity contribution is 7.66. The molecule has 40 nitrogen and oxygen atoms in total. The van der Waals surface area contributed by atoms with Gasteiger partial charge in [-0.1, -0.05) is 4.98 Å². The van der Waals surface area contributed by atoms with Crippen LogP contribution in [0.15, 0.2) is 34.9 Å². The second kappa shape index (κ2) is 22.6. The number of nitrogens with one attached hydrogen (secondary N) is 2. The quantitative estimate of drug-likeness (QED) is 0.0165. The highest BCUT2D eigenvalue weighted by Crippen LogP contribution is 2.68. The van der Waals surface area contributed by atoms with E-state index in [2.05, 4.69) is 48.5 Å². The van der Waals surface area contributed by atoms with Crippen LogP contribution in [0.3, 0.4) is 0 Å². The summed E-state index contributed by atoms with van der Waals surface area (Å²) < 4.78 is 121. The van der Waals surface area contributed by atoms with Gasteiger partial charge in [-0.15, -0.1) is 0 Å². The molecule has 3 aliphatic heterocycles. The van der Waals surface area contributed by atoms with Crippen molar-refractivity contribution in [1.82, 2.24) is 53.6 Å². The van der Waals surface area contributed by atoms with E-state index in [9.17, 15) is 62.7 Å². The molecule has 9 heterocycles. The largest absolute Gasteiger partial charge is 0.490 e. The normalized spacial score (nSPS) is 29.5. The Morgan fingerprint density at radius 3 is 1.94 bits per heavy atom. The number of imidazole rings is 3. The summed E-state index contributed by atoms with van der Waals surface area (Å²) in [7, 11) is -19.5. The third-order valence-electron chi connectivity index (χ3n) is 12.1. The first kappa shape index (κ1) is 58.5. The number of aliphatic hydroxyl groups excluding tert-OH is 3. The molecule has 3 fully saturated rings. The first-order chi connectivity index (χ1) is 37.2. The maximum Gasteiger partial charge on any atom is 0.490 e. The molecule has 0 radical (unpaired) electrons. The second-order valence-electron chi connectivity index (χ2n) is 17.3. The van der Waals surface area contributed by atoms with Crippen LogP contribution in [0.5, 0.6) is 0 Å². The molecular formula is C35H50N15O25P4+. The number of aromatic nitrogens is 12. The minimum Gasteiger partial charge on any atom is -0.387 e. The van der Waals surface area contributed by atoms with Crippen LogP contribution in [-0.2, 0) is 80.4 Å². The molecule has 6 aromatic rings. The zero-order valence-electron chi connectivity index (χ0n) is 40.7. The zero-order chi connectivity index (χ0) is 57.1. The Bertz CT molecular complexity index is 3550. The molecule has 79 heavy (non-hydrogen) atoms. The third kappa shape index (κ3) is 12.2. The van der Waals surface area contributed by atoms with Gasteiger partial charge in [0.1, 0.15) is 66.8 Å². The Hall–Kier alpha value is -5.19. The van der Waals surface area contributed by atoms with Crippen LogP contribution in [0.4, 0.5) is 17.7 Å². The average Bonchev–Trinajstić information content (AvgIpc) is 4.34. The number of H-pyrrole nitrogens is 2. The number of hydrogen-bond acceptors (Lipinski definition) is 30. The van der Waals surface area contributed by atoms with Crippen molar-refractivity contribution in [3.63, 3.8) is 0 Å². The van der Waals surface area contributed by atoms with Gasteiger partial charge in [-0.25, -0.2) is 42.8 Å². The number of fused-ring (bicyclic) bond motifs is 3. The minimum absolute atomic E-state index is 0.00981. The summed E-state index contributed by atoms with van der Waals surface area (Å²) in [4.78, 5) is 96.6. The lowest BCUT2D eigenvalue weighted by atomic mass is 10.1. The SMILES string of the molecule is COCCO[C@H]1C(O)[C@@H](COP(=O)(O)OP(=O)(O)OP(=O)(O)OC[C@H]2O[C@@H](n3cnc4c(N)ncnc43)[C@@H](OC)C2OP(=O)(O)OC[C@H]2O[C@@H](n3cnc4c(=O)[nH]c(N)nc43)[C@@H](O)C2O)O[C@H]1[n+]1cn(C)c2c(=O)[nH]c(N)nc21. The standard InChI is InChI=1S/C35H49N15O25P4/c1-47-12-50(28-18(47)30(55)46-35(38)44-28)32-23(66-5-4-64-2)20(52)14(71-32)7-68-77(58,59)74-79(62,63)75-78(60,61)69-8-15-22(24(65-3)33(72-15)48-10-41-16-25(36)39-9-40-26(16)48)73-76(56,57)67-6-13-19(51)21(53)31(70-13)49-11-42-17-27(49)43-34(37)45-29(17)54/h9-15,19-24,31-33,51-53H,4-8H2,1-3H3,(H11-,36,37,38,39,40,43,44,45,46,54,55,56,57,58,59,60,61,62,63)/p+1/t13-,14-,15-,19?,20?,21+,22?,23+,24+,31-,32-,33-/m1/s1. The smallest absolute Gasteiger partial charge is 0.387 e. The number of methoxy groups -OCH3 is 2. The average molecular weight is 1200 g/mol. The van der Waals surface area contributed by atoms with Gasteiger partial charge in [-0.2, -0.15) is 13.6 Å². The van der Waals surface area contributed by atoms with Crippen LogP contribution >= 0.6 is 31.3 Å². The number of anilines is 3. The second-order valence-corrected chi connectivity index (χ2v) is 23.3. The number of aliphatic hydroxyl groups is 3. The summed E-state index contributed by atoms with van der Waals surface area (Å²) in [6, 6.07) is 0. The van der Waals surface area contributed by atoms with Gasteiger partial charge in [0, 0.05) is 14.2 Å². The molecule has 434 valence electrons. The number of aryl methyl sites for hydroxylation is 1. The zero-order valence-corrected chi connectivity index (χ0v) is 44.3. The summed E-state index contributed by atoms with van der Waals surface area (Å²) in [6.45, 7) is -3.42. The molecule has 16 atom stereocenters. The number of phosphoric ester groups is 3. The fourth-order valence-corrected chi connectivity index (χ4v) is 13.2. The van der Waals surface area contributed by atoms with Crippen LogP contribution in [0.2, 0.25) is 0 Å². The van der Waals surface area contributed by atoms with Gasteiger partial charge in [-0.05, 0) is 0 Å². The number of nitrogens with zero attached hydrogens (tertiary/aromatic N) is 10. The minimum atomic E-state index is -6.21. The van der Waals surface area contributed by atoms with Crippen molar-refractivity contribution < 1.29 is 113 Å². The molecule has 44 heteroatoms. The number of nitrogen functional groups attached to an aromatic ring is 3. The predicted molar refractivity (Wildman–Crippen MR) is 255 cm³/mol. The number of aromatic amines is 2. The van der Waals surface area contributed by atoms with Gasteiger partial charge < -0.3 is 80.5 Å². The van der Waals surface area contributed by atoms with Gasteiger partial charge in [0.15, 0.2) is 41.4 Å². The molecule has 0 spiro atoms. The number of ether oxygens (including phenoxy) is 6. The van der Waals surface area contributed by atoms with E-state index in [1.165, 1.54) is 34.2 Å². The van der Waals surface area contributed by atoms with Gasteiger partial charge in [0.2, 0.25) is 17.7 Å². The maximum absolute atomic E-state index is 13.7. The molecule has 3 saturated heterocycles. The topological polar surface area (TPSA) is 560 Å². The third-order valence-corrected chi connectivity index (χ3v) is 17.4. The molecule has 15 N–H and O–H groups in total. The highest BCUT2D eigenvalue weighted by atomic mass is 31.3. The highest BCUT2D eigenvalue weighted by Gasteiger charge is 2.54. The number of rotatable bonds is 23. The van der Waals surface area contributed by atoms with E-state index in [1.807, 2.05) is 0 Å². The van der Waals surface area contributed by atoms with Crippen molar-refractivity contribution in [3.8, 4) is 0 Å². The summed E-state index contributed by atoms with van der Waals surface area (Å²) >= 11 is 0. The molecule has 3 aliphatic rings. The van der Waals surface area contributed by atoms with Crippen molar-refractivity contribution >= 4 is 82.5 Å². The molecule has 9 rings (SSSR count). The monoisotopic (exact) mass is 1200 g/mol. The molecule has 7 unspecified atom stereocenters. The lowest BCUT2D eigenvalue weighted by Gasteiger charge is -2.26. The van der Waals surface area contributed by atoms with Crippen molar-refractivity contribution in [2.45, 2.75) is 73.6 Å². The van der Waals surface area contributed by atoms with Crippen molar-refractivity contribution in [2.75, 3.05) is 64.5 Å².